The summed E-state index contributed by atoms with van der Waals surface area (Å²) in [6, 6.07) is -2.33. The molecule has 3 rings (SSSR count). The number of carbonyl (C=O) groups is 5. The minimum Gasteiger partial charge on any atom is -0.346 e. The van der Waals surface area contributed by atoms with Gasteiger partial charge in [0.2, 0.25) is 24.0 Å². The van der Waals surface area contributed by atoms with Crippen LogP contribution in [0.25, 0.3) is 0 Å². The number of carbonyl (C=O) groups excluding carboxylic acids is 5. The number of likely N-dealkylation sites (tertiary alicyclic amines) is 1. The quantitative estimate of drug-likeness (QED) is 0.129. The fraction of sp³-hybridized carbons (Fsp3) is 0.694. The molecule has 1 saturated carbocycles. The van der Waals surface area contributed by atoms with Gasteiger partial charge in [0, 0.05) is 39.1 Å². The van der Waals surface area contributed by atoms with Crippen molar-refractivity contribution < 1.29 is 41.2 Å². The predicted molar refractivity (Wildman–Crippen MR) is 199 cm³/mol. The second-order valence-electron chi connectivity index (χ2n) is 15.8. The molecule has 4 N–H and O–H groups in total. The fourth-order valence-corrected chi connectivity index (χ4v) is 9.70. The van der Waals surface area contributed by atoms with Crippen LogP contribution in [0.5, 0.6) is 0 Å². The number of hydrogen-bond acceptors (Lipinski definition) is 8. The summed E-state index contributed by atoms with van der Waals surface area (Å²) in [5, 5.41) is 12.0. The molecule has 0 spiro atoms. The summed E-state index contributed by atoms with van der Waals surface area (Å²) in [5.74, 6) is -4.15. The zero-order chi connectivity index (χ0) is 39.9. The summed E-state index contributed by atoms with van der Waals surface area (Å²) in [5.41, 5.74) is -1.44. The monoisotopic (exact) mass is 786 g/mol. The molecule has 13 nitrogen and oxygen atoms in total. The number of thiophene rings is 1. The van der Waals surface area contributed by atoms with Crippen molar-refractivity contribution >= 4 is 50.9 Å². The molecule has 0 unspecified atom stereocenters. The van der Waals surface area contributed by atoms with E-state index in [2.05, 4.69) is 27.8 Å². The maximum atomic E-state index is 14.5. The van der Waals surface area contributed by atoms with Gasteiger partial charge in [-0.2, -0.15) is 4.31 Å². The summed E-state index contributed by atoms with van der Waals surface area (Å²) in [6.45, 7) is 14.6. The van der Waals surface area contributed by atoms with Gasteiger partial charge in [0.25, 0.3) is 15.9 Å². The third-order valence-corrected chi connectivity index (χ3v) is 13.4. The first-order chi connectivity index (χ1) is 24.6. The van der Waals surface area contributed by atoms with Crippen LogP contribution in [0, 0.1) is 22.7 Å². The summed E-state index contributed by atoms with van der Waals surface area (Å²) in [4.78, 5) is 68.8. The highest BCUT2D eigenvalue weighted by Gasteiger charge is 2.52. The molecule has 1 saturated heterocycles. The van der Waals surface area contributed by atoms with Crippen molar-refractivity contribution in [3.63, 3.8) is 0 Å². The van der Waals surface area contributed by atoms with Gasteiger partial charge in [-0.15, -0.1) is 17.9 Å². The van der Waals surface area contributed by atoms with Gasteiger partial charge < -0.3 is 26.2 Å². The van der Waals surface area contributed by atoms with Crippen molar-refractivity contribution in [2.75, 3.05) is 26.7 Å². The molecule has 17 heteroatoms. The molecule has 0 radical (unpaired) electrons. The number of nitrogens with zero attached hydrogens (tertiary/aromatic N) is 2. The number of urea groups is 1. The van der Waals surface area contributed by atoms with E-state index in [1.807, 2.05) is 20.8 Å². The Hall–Kier alpha value is -3.44. The molecule has 5 amide bonds. The molecule has 1 aliphatic heterocycles. The molecule has 2 heterocycles. The molecule has 298 valence electrons. The molecular weight excluding hydrogens is 731 g/mol. The van der Waals surface area contributed by atoms with Gasteiger partial charge in [-0.05, 0) is 53.4 Å². The first-order valence-corrected chi connectivity index (χ1v) is 20.4. The summed E-state index contributed by atoms with van der Waals surface area (Å²) >= 11 is 1.09. The first kappa shape index (κ1) is 44.0. The number of alkyl halides is 2. The van der Waals surface area contributed by atoms with Gasteiger partial charge in [0.1, 0.15) is 22.3 Å². The third kappa shape index (κ3) is 11.1. The largest absolute Gasteiger partial charge is 0.346 e. The third-order valence-electron chi connectivity index (χ3n) is 10.3. The molecule has 6 atom stereocenters. The Labute approximate surface area is 316 Å². The van der Waals surface area contributed by atoms with E-state index in [9.17, 15) is 41.2 Å². The molecular formula is C36H56F2N6O7S2. The Morgan fingerprint density at radius 1 is 1.09 bits per heavy atom. The van der Waals surface area contributed by atoms with E-state index in [1.165, 1.54) is 28.4 Å². The van der Waals surface area contributed by atoms with Crippen LogP contribution in [0.1, 0.15) is 80.1 Å². The number of fused-ring (bicyclic) bond motifs is 1. The number of amides is 5. The topological polar surface area (TPSA) is 174 Å². The van der Waals surface area contributed by atoms with E-state index in [1.54, 1.807) is 32.2 Å². The smallest absolute Gasteiger partial charge is 0.315 e. The lowest BCUT2D eigenvalue weighted by Gasteiger charge is -2.39. The number of likely N-dealkylation sites (N-methyl/N-ethyl adjacent to an activating group) is 1. The molecule has 2 aliphatic rings. The lowest BCUT2D eigenvalue weighted by atomic mass is 9.80. The fourth-order valence-electron chi connectivity index (χ4n) is 7.32. The average molecular weight is 787 g/mol. The standard InChI is InChI=1S/C36H56F2N6O7S2/c1-9-16-36(6,7)25(21-43(8)53(50,51)27-15-12-18-52-27)41-34(49)42-30(35(3,4)5)33(48)44-20-22-13-11-14-23(22)28(44)31(46)40-24(19-26(37)38)29(45)32(47)39-17-10-2/h10,12,15,18,22-26,28,30H,2,9,11,13-14,16-17,19-21H2,1,3-8H3,(H,39,47)(H,40,46)(H2,41,42,49)/t22-,23-,24-,25+,28-,30+/m0/s1. The number of halogens is 2. The van der Waals surface area contributed by atoms with Crippen molar-refractivity contribution in [2.45, 2.75) is 115 Å². The van der Waals surface area contributed by atoms with Crippen LogP contribution < -0.4 is 21.3 Å². The summed E-state index contributed by atoms with van der Waals surface area (Å²) < 4.78 is 55.1. The van der Waals surface area contributed by atoms with E-state index in [4.69, 9.17) is 0 Å². The average Bonchev–Trinajstić information content (AvgIpc) is 3.83. The first-order valence-electron chi connectivity index (χ1n) is 18.0. The highest BCUT2D eigenvalue weighted by Crippen LogP contribution is 2.43. The van der Waals surface area contributed by atoms with Crippen molar-refractivity contribution in [3.05, 3.63) is 30.2 Å². The second-order valence-corrected chi connectivity index (χ2v) is 19.0. The molecule has 1 aromatic rings. The predicted octanol–water partition coefficient (Wildman–Crippen LogP) is 3.92. The normalized spacial score (nSPS) is 20.7. The Morgan fingerprint density at radius 3 is 2.34 bits per heavy atom. The maximum absolute atomic E-state index is 14.5. The van der Waals surface area contributed by atoms with Crippen molar-refractivity contribution in [1.29, 1.82) is 0 Å². The van der Waals surface area contributed by atoms with Gasteiger partial charge in [-0.1, -0.05) is 66.5 Å². The Kier molecular flexibility index (Phi) is 15.1. The number of hydrogen-bond donors (Lipinski definition) is 4. The zero-order valence-corrected chi connectivity index (χ0v) is 33.4. The van der Waals surface area contributed by atoms with Crippen molar-refractivity contribution in [1.82, 2.24) is 30.5 Å². The molecule has 0 aromatic carbocycles. The van der Waals surface area contributed by atoms with Crippen molar-refractivity contribution in [3.8, 4) is 0 Å². The zero-order valence-electron chi connectivity index (χ0n) is 31.7. The second kappa shape index (κ2) is 18.3. The number of sulfonamides is 1. The SMILES string of the molecule is C=CCNC(=O)C(=O)[C@H](CC(F)F)NC(=O)[C@@H]1[C@H]2CCC[C@H]2CN1C(=O)[C@@H](NC(=O)N[C@H](CN(C)S(=O)(=O)c1cccs1)C(C)(C)CCC)C(C)(C)C. The lowest BCUT2D eigenvalue weighted by Crippen LogP contribution is -2.62. The van der Waals surface area contributed by atoms with E-state index in [-0.39, 0.29) is 35.7 Å². The molecule has 2 fully saturated rings. The number of rotatable bonds is 18. The summed E-state index contributed by atoms with van der Waals surface area (Å²) in [6.07, 6.45) is 0.746. The van der Waals surface area contributed by atoms with Crippen LogP contribution >= 0.6 is 11.3 Å². The van der Waals surface area contributed by atoms with E-state index in [0.717, 1.165) is 30.6 Å². The minimum atomic E-state index is -3.83. The maximum Gasteiger partial charge on any atom is 0.315 e. The Bertz CT molecular complexity index is 1580. The molecule has 1 aromatic heterocycles. The number of ketones is 1. The van der Waals surface area contributed by atoms with Crippen LogP contribution in [0.4, 0.5) is 13.6 Å². The number of Topliss-reactive ketones (excluding diaryl/α,β-unsaturated/α-hetero) is 1. The van der Waals surface area contributed by atoms with E-state index < -0.39 is 87.4 Å². The molecule has 0 bridgehead atoms. The van der Waals surface area contributed by atoms with Gasteiger partial charge >= 0.3 is 6.03 Å². The Balaban J connectivity index is 1.88. The Morgan fingerprint density at radius 2 is 1.77 bits per heavy atom. The van der Waals surface area contributed by atoms with Gasteiger partial charge in [0.15, 0.2) is 0 Å². The van der Waals surface area contributed by atoms with Gasteiger partial charge in [0.05, 0.1) is 0 Å². The molecule has 53 heavy (non-hydrogen) atoms. The van der Waals surface area contributed by atoms with E-state index >= 15 is 0 Å². The lowest BCUT2D eigenvalue weighted by molar-refractivity contribution is -0.145. The summed E-state index contributed by atoms with van der Waals surface area (Å²) in [7, 11) is -2.38. The van der Waals surface area contributed by atoms with Crippen LogP contribution in [0.2, 0.25) is 0 Å². The van der Waals surface area contributed by atoms with Crippen molar-refractivity contribution in [2.24, 2.45) is 22.7 Å². The van der Waals surface area contributed by atoms with Crippen LogP contribution in [0.3, 0.4) is 0 Å². The van der Waals surface area contributed by atoms with Crippen LogP contribution in [0.15, 0.2) is 34.4 Å². The molecule has 1 aliphatic carbocycles. The highest BCUT2D eigenvalue weighted by molar-refractivity contribution is 7.91. The van der Waals surface area contributed by atoms with Gasteiger partial charge in [-0.25, -0.2) is 22.0 Å². The van der Waals surface area contributed by atoms with Crippen LogP contribution in [-0.2, 0) is 29.2 Å². The van der Waals surface area contributed by atoms with Crippen LogP contribution in [-0.4, -0.2) is 104 Å². The van der Waals surface area contributed by atoms with E-state index in [0.29, 0.717) is 12.8 Å². The van der Waals surface area contributed by atoms with Gasteiger partial charge in [-0.3, -0.25) is 19.2 Å². The number of nitrogens with one attached hydrogen (secondary N) is 4. The highest BCUT2D eigenvalue weighted by atomic mass is 32.2. The minimum absolute atomic E-state index is 0.0450.